The number of amides is 1. The second-order valence-electron chi connectivity index (χ2n) is 5.91. The van der Waals surface area contributed by atoms with E-state index < -0.39 is 18.5 Å². The molecule has 0 radical (unpaired) electrons. The second-order valence-corrected chi connectivity index (χ2v) is 7.18. The summed E-state index contributed by atoms with van der Waals surface area (Å²) in [6.45, 7) is 1.62. The van der Waals surface area contributed by atoms with Crippen LogP contribution in [-0.2, 0) is 14.3 Å². The van der Waals surface area contributed by atoms with Crippen molar-refractivity contribution in [2.75, 3.05) is 11.9 Å². The maximum atomic E-state index is 12.0. The van der Waals surface area contributed by atoms with Crippen molar-refractivity contribution in [3.05, 3.63) is 76.1 Å². The van der Waals surface area contributed by atoms with Crippen molar-refractivity contribution in [1.29, 1.82) is 0 Å². The van der Waals surface area contributed by atoms with Crippen molar-refractivity contribution in [2.24, 2.45) is 0 Å². The number of hydrogen-bond acceptors (Lipinski definition) is 5. The summed E-state index contributed by atoms with van der Waals surface area (Å²) in [5.41, 5.74) is 3.60. The zero-order valence-electron chi connectivity index (χ0n) is 15.0. The summed E-state index contributed by atoms with van der Waals surface area (Å²) < 4.78 is 4.94. The van der Waals surface area contributed by atoms with Gasteiger partial charge >= 0.3 is 5.97 Å². The van der Waals surface area contributed by atoms with Gasteiger partial charge in [0, 0.05) is 22.0 Å². The molecule has 3 rings (SSSR count). The van der Waals surface area contributed by atoms with E-state index in [2.05, 4.69) is 10.3 Å². The number of aromatic nitrogens is 1. The molecule has 2 aromatic carbocycles. The Hall–Kier alpha value is -2.96. The van der Waals surface area contributed by atoms with Gasteiger partial charge in [0.2, 0.25) is 0 Å². The molecule has 142 valence electrons. The number of carbonyl (C=O) groups is 2. The van der Waals surface area contributed by atoms with E-state index in [1.165, 1.54) is 23.5 Å². The Kier molecular flexibility index (Phi) is 6.57. The van der Waals surface area contributed by atoms with Crippen LogP contribution in [0.3, 0.4) is 0 Å². The van der Waals surface area contributed by atoms with E-state index in [1.807, 2.05) is 42.6 Å². The fourth-order valence-electron chi connectivity index (χ4n) is 2.30. The standard InChI is InChI=1S/C21H17ClN2O3S/c1-14-6-8-16(9-7-14)18-13-28-21(23-18)24-19(25)12-27-20(26)11-10-15-4-2-3-5-17(15)22/h2-11,13H,12H2,1H3,(H,23,24,25)/b11-10+. The van der Waals surface area contributed by atoms with Crippen LogP contribution in [0.2, 0.25) is 5.02 Å². The SMILES string of the molecule is Cc1ccc(-c2csc(NC(=O)COC(=O)/C=C/c3ccccc3Cl)n2)cc1. The highest BCUT2D eigenvalue weighted by Crippen LogP contribution is 2.25. The number of rotatable bonds is 6. The normalized spacial score (nSPS) is 10.8. The minimum absolute atomic E-state index is 0.398. The fraction of sp³-hybridized carbons (Fsp3) is 0.0952. The lowest BCUT2D eigenvalue weighted by atomic mass is 10.1. The molecule has 0 atom stereocenters. The molecule has 0 aliphatic carbocycles. The Morgan fingerprint density at radius 1 is 1.18 bits per heavy atom. The number of ether oxygens (including phenoxy) is 1. The first-order chi connectivity index (χ1) is 13.5. The van der Waals surface area contributed by atoms with Gasteiger partial charge in [-0.1, -0.05) is 59.6 Å². The molecule has 3 aromatic rings. The van der Waals surface area contributed by atoms with Crippen molar-refractivity contribution >= 4 is 46.0 Å². The van der Waals surface area contributed by atoms with E-state index in [1.54, 1.807) is 18.2 Å². The Bertz CT molecular complexity index is 1010. The number of benzene rings is 2. The third-order valence-corrected chi connectivity index (χ3v) is 4.85. The Labute approximate surface area is 171 Å². The molecule has 1 N–H and O–H groups in total. The smallest absolute Gasteiger partial charge is 0.331 e. The molecule has 0 aliphatic heterocycles. The molecule has 1 aromatic heterocycles. The lowest BCUT2D eigenvalue weighted by Crippen LogP contribution is -2.20. The first-order valence-electron chi connectivity index (χ1n) is 8.43. The van der Waals surface area contributed by atoms with Gasteiger partial charge in [0.25, 0.3) is 5.91 Å². The summed E-state index contributed by atoms with van der Waals surface area (Å²) in [4.78, 5) is 28.1. The largest absolute Gasteiger partial charge is 0.452 e. The van der Waals surface area contributed by atoms with Gasteiger partial charge in [-0.2, -0.15) is 0 Å². The number of nitrogens with one attached hydrogen (secondary N) is 1. The zero-order chi connectivity index (χ0) is 19.9. The number of nitrogens with zero attached hydrogens (tertiary/aromatic N) is 1. The highest BCUT2D eigenvalue weighted by Gasteiger charge is 2.10. The average Bonchev–Trinajstić information content (AvgIpc) is 3.14. The maximum Gasteiger partial charge on any atom is 0.331 e. The molecule has 0 saturated heterocycles. The summed E-state index contributed by atoms with van der Waals surface area (Å²) in [7, 11) is 0. The molecule has 0 saturated carbocycles. The molecular weight excluding hydrogens is 396 g/mol. The van der Waals surface area contributed by atoms with E-state index in [4.69, 9.17) is 16.3 Å². The quantitative estimate of drug-likeness (QED) is 0.458. The summed E-state index contributed by atoms with van der Waals surface area (Å²) >= 11 is 7.31. The Morgan fingerprint density at radius 2 is 1.93 bits per heavy atom. The Morgan fingerprint density at radius 3 is 2.68 bits per heavy atom. The summed E-state index contributed by atoms with van der Waals surface area (Å²) in [5, 5.41) is 5.46. The van der Waals surface area contributed by atoms with Gasteiger partial charge in [-0.3, -0.25) is 10.1 Å². The summed E-state index contributed by atoms with van der Waals surface area (Å²) in [6.07, 6.45) is 2.77. The second kappa shape index (κ2) is 9.30. The van der Waals surface area contributed by atoms with Crippen molar-refractivity contribution < 1.29 is 14.3 Å². The average molecular weight is 413 g/mol. The number of anilines is 1. The molecule has 1 amide bonds. The van der Waals surface area contributed by atoms with Gasteiger partial charge < -0.3 is 4.74 Å². The van der Waals surface area contributed by atoms with Gasteiger partial charge in [-0.15, -0.1) is 11.3 Å². The van der Waals surface area contributed by atoms with E-state index in [-0.39, 0.29) is 0 Å². The molecule has 0 spiro atoms. The maximum absolute atomic E-state index is 12.0. The monoisotopic (exact) mass is 412 g/mol. The van der Waals surface area contributed by atoms with Gasteiger partial charge in [0.15, 0.2) is 11.7 Å². The number of aryl methyl sites for hydroxylation is 1. The highest BCUT2D eigenvalue weighted by molar-refractivity contribution is 7.14. The van der Waals surface area contributed by atoms with Crippen molar-refractivity contribution in [1.82, 2.24) is 4.98 Å². The van der Waals surface area contributed by atoms with Crippen molar-refractivity contribution in [3.63, 3.8) is 0 Å². The van der Waals surface area contributed by atoms with Crippen LogP contribution in [0.15, 0.2) is 60.0 Å². The molecule has 1 heterocycles. The van der Waals surface area contributed by atoms with Crippen LogP contribution in [0.4, 0.5) is 5.13 Å². The van der Waals surface area contributed by atoms with E-state index in [0.29, 0.717) is 15.7 Å². The first kappa shape index (κ1) is 19.8. The molecule has 0 fully saturated rings. The van der Waals surface area contributed by atoms with Crippen LogP contribution in [0.25, 0.3) is 17.3 Å². The number of carbonyl (C=O) groups excluding carboxylic acids is 2. The molecule has 5 nitrogen and oxygen atoms in total. The third-order valence-electron chi connectivity index (χ3n) is 3.75. The predicted molar refractivity (Wildman–Crippen MR) is 112 cm³/mol. The highest BCUT2D eigenvalue weighted by atomic mass is 35.5. The topological polar surface area (TPSA) is 68.3 Å². The zero-order valence-corrected chi connectivity index (χ0v) is 16.6. The third kappa shape index (κ3) is 5.52. The molecule has 0 aliphatic rings. The first-order valence-corrected chi connectivity index (χ1v) is 9.69. The van der Waals surface area contributed by atoms with E-state index in [9.17, 15) is 9.59 Å². The molecule has 0 bridgehead atoms. The number of halogens is 1. The molecular formula is C21H17ClN2O3S. The van der Waals surface area contributed by atoms with E-state index >= 15 is 0 Å². The van der Waals surface area contributed by atoms with Crippen molar-refractivity contribution in [3.8, 4) is 11.3 Å². The van der Waals surface area contributed by atoms with Crippen LogP contribution in [0.1, 0.15) is 11.1 Å². The van der Waals surface area contributed by atoms with Crippen LogP contribution in [-0.4, -0.2) is 23.5 Å². The number of esters is 1. The summed E-state index contributed by atoms with van der Waals surface area (Å²) in [6, 6.07) is 15.1. The van der Waals surface area contributed by atoms with Crippen molar-refractivity contribution in [2.45, 2.75) is 6.92 Å². The number of hydrogen-bond donors (Lipinski definition) is 1. The molecule has 28 heavy (non-hydrogen) atoms. The minimum Gasteiger partial charge on any atom is -0.452 e. The molecule has 0 unspecified atom stereocenters. The van der Waals surface area contributed by atoms with Crippen LogP contribution < -0.4 is 5.32 Å². The van der Waals surface area contributed by atoms with Gasteiger partial charge in [0.05, 0.1) is 5.69 Å². The fourth-order valence-corrected chi connectivity index (χ4v) is 3.23. The Balaban J connectivity index is 1.50. The van der Waals surface area contributed by atoms with Gasteiger partial charge in [-0.05, 0) is 24.6 Å². The minimum atomic E-state index is -0.630. The van der Waals surface area contributed by atoms with Crippen LogP contribution in [0.5, 0.6) is 0 Å². The lowest BCUT2D eigenvalue weighted by molar-refractivity contribution is -0.142. The van der Waals surface area contributed by atoms with Gasteiger partial charge in [0.1, 0.15) is 0 Å². The van der Waals surface area contributed by atoms with Crippen LogP contribution in [0, 0.1) is 6.92 Å². The summed E-state index contributed by atoms with van der Waals surface area (Å²) in [5.74, 6) is -1.08. The van der Waals surface area contributed by atoms with Gasteiger partial charge in [-0.25, -0.2) is 9.78 Å². The predicted octanol–water partition coefficient (Wildman–Crippen LogP) is 4.97. The lowest BCUT2D eigenvalue weighted by Gasteiger charge is -2.02. The number of thiazole rings is 1. The molecule has 7 heteroatoms. The van der Waals surface area contributed by atoms with Crippen LogP contribution >= 0.6 is 22.9 Å². The van der Waals surface area contributed by atoms with E-state index in [0.717, 1.165) is 16.8 Å².